The lowest BCUT2D eigenvalue weighted by Crippen LogP contribution is -2.29. The van der Waals surface area contributed by atoms with E-state index in [1.54, 1.807) is 0 Å². The third-order valence-corrected chi connectivity index (χ3v) is 3.81. The number of nitrogens with zero attached hydrogens (tertiary/aromatic N) is 1. The molecule has 1 aliphatic carbocycles. The topological polar surface area (TPSA) is 28.4 Å². The Bertz CT molecular complexity index is 351. The van der Waals surface area contributed by atoms with E-state index < -0.39 is 0 Å². The van der Waals surface area contributed by atoms with Crippen LogP contribution in [0, 0.1) is 0 Å². The number of nitrogens with one attached hydrogen (secondary N) is 1. The summed E-state index contributed by atoms with van der Waals surface area (Å²) >= 11 is 0. The molecule has 2 heterocycles. The predicted molar refractivity (Wildman–Crippen MR) is 67.7 cm³/mol. The third kappa shape index (κ3) is 3.11. The molecular formula is C14H22N2O. The molecule has 1 saturated carbocycles. The summed E-state index contributed by atoms with van der Waals surface area (Å²) in [5, 5.41) is 3.56. The lowest BCUT2D eigenvalue weighted by atomic mass is 10.1. The minimum atomic E-state index is 0.771. The predicted octanol–water partition coefficient (Wildman–Crippen LogP) is 2.52. The Labute approximate surface area is 103 Å². The standard InChI is InChI=1S/C14H22N2O/c1-2-7-16(8-3-1)11-14-12(6-9-17-14)10-15-13-4-5-13/h6,9,13,15H,1-5,7-8,10-11H2. The first-order chi connectivity index (χ1) is 8.42. The molecule has 0 atom stereocenters. The van der Waals surface area contributed by atoms with Crippen molar-refractivity contribution in [2.75, 3.05) is 13.1 Å². The first kappa shape index (κ1) is 11.3. The Morgan fingerprint density at radius 3 is 2.82 bits per heavy atom. The number of piperidine rings is 1. The monoisotopic (exact) mass is 234 g/mol. The summed E-state index contributed by atoms with van der Waals surface area (Å²) < 4.78 is 5.64. The average Bonchev–Trinajstić information content (AvgIpc) is 3.09. The first-order valence-electron chi connectivity index (χ1n) is 6.93. The van der Waals surface area contributed by atoms with Crippen LogP contribution in [0.25, 0.3) is 0 Å². The second-order valence-corrected chi connectivity index (χ2v) is 5.36. The maximum Gasteiger partial charge on any atom is 0.122 e. The smallest absolute Gasteiger partial charge is 0.122 e. The quantitative estimate of drug-likeness (QED) is 0.848. The fourth-order valence-electron chi connectivity index (χ4n) is 2.53. The summed E-state index contributed by atoms with van der Waals surface area (Å²) in [6.07, 6.45) is 8.61. The molecule has 1 N–H and O–H groups in total. The van der Waals surface area contributed by atoms with Crippen LogP contribution in [0.15, 0.2) is 16.7 Å². The molecule has 0 aromatic carbocycles. The molecule has 2 aliphatic rings. The molecular weight excluding hydrogens is 212 g/mol. The van der Waals surface area contributed by atoms with Gasteiger partial charge in [0.25, 0.3) is 0 Å². The number of hydrogen-bond donors (Lipinski definition) is 1. The molecule has 1 aromatic rings. The lowest BCUT2D eigenvalue weighted by molar-refractivity contribution is 0.204. The van der Waals surface area contributed by atoms with Crippen molar-refractivity contribution in [2.24, 2.45) is 0 Å². The van der Waals surface area contributed by atoms with Crippen LogP contribution in [0.3, 0.4) is 0 Å². The summed E-state index contributed by atoms with van der Waals surface area (Å²) in [7, 11) is 0. The van der Waals surface area contributed by atoms with Crippen LogP contribution in [-0.4, -0.2) is 24.0 Å². The normalized spacial score (nSPS) is 21.9. The SMILES string of the molecule is c1cc(CNC2CC2)c(CN2CCCCC2)o1. The number of rotatable bonds is 5. The Hall–Kier alpha value is -0.800. The van der Waals surface area contributed by atoms with Gasteiger partial charge in [-0.15, -0.1) is 0 Å². The second kappa shape index (κ2) is 5.23. The molecule has 3 heteroatoms. The van der Waals surface area contributed by atoms with Crippen molar-refractivity contribution < 1.29 is 4.42 Å². The molecule has 0 unspecified atom stereocenters. The van der Waals surface area contributed by atoms with Gasteiger partial charge in [-0.3, -0.25) is 4.90 Å². The summed E-state index contributed by atoms with van der Waals surface area (Å²) in [6.45, 7) is 4.44. The van der Waals surface area contributed by atoms with E-state index in [-0.39, 0.29) is 0 Å². The van der Waals surface area contributed by atoms with Gasteiger partial charge in [-0.2, -0.15) is 0 Å². The molecule has 0 spiro atoms. The maximum atomic E-state index is 5.64. The van der Waals surface area contributed by atoms with Gasteiger partial charge in [0.15, 0.2) is 0 Å². The number of likely N-dealkylation sites (tertiary alicyclic amines) is 1. The maximum absolute atomic E-state index is 5.64. The summed E-state index contributed by atoms with van der Waals surface area (Å²) in [6, 6.07) is 2.89. The molecule has 1 saturated heterocycles. The molecule has 3 rings (SSSR count). The van der Waals surface area contributed by atoms with Crippen molar-refractivity contribution in [2.45, 2.75) is 51.2 Å². The Morgan fingerprint density at radius 2 is 2.06 bits per heavy atom. The minimum absolute atomic E-state index is 0.771. The molecule has 94 valence electrons. The fraction of sp³-hybridized carbons (Fsp3) is 0.714. The van der Waals surface area contributed by atoms with E-state index in [9.17, 15) is 0 Å². The number of hydrogen-bond acceptors (Lipinski definition) is 3. The van der Waals surface area contributed by atoms with Crippen LogP contribution in [0.1, 0.15) is 43.4 Å². The average molecular weight is 234 g/mol. The highest BCUT2D eigenvalue weighted by atomic mass is 16.3. The van der Waals surface area contributed by atoms with E-state index in [1.165, 1.54) is 56.5 Å². The van der Waals surface area contributed by atoms with E-state index in [2.05, 4.69) is 16.3 Å². The van der Waals surface area contributed by atoms with Gasteiger partial charge in [-0.05, 0) is 44.8 Å². The van der Waals surface area contributed by atoms with Gasteiger partial charge in [-0.1, -0.05) is 6.42 Å². The van der Waals surface area contributed by atoms with Gasteiger partial charge in [-0.25, -0.2) is 0 Å². The molecule has 2 fully saturated rings. The molecule has 0 radical (unpaired) electrons. The van der Waals surface area contributed by atoms with E-state index in [0.717, 1.165) is 19.1 Å². The van der Waals surface area contributed by atoms with Crippen molar-refractivity contribution in [1.82, 2.24) is 10.2 Å². The van der Waals surface area contributed by atoms with Crippen LogP contribution < -0.4 is 5.32 Å². The fourth-order valence-corrected chi connectivity index (χ4v) is 2.53. The van der Waals surface area contributed by atoms with Crippen LogP contribution in [0.5, 0.6) is 0 Å². The van der Waals surface area contributed by atoms with Crippen LogP contribution >= 0.6 is 0 Å². The van der Waals surface area contributed by atoms with Gasteiger partial charge < -0.3 is 9.73 Å². The van der Waals surface area contributed by atoms with Crippen molar-refractivity contribution in [3.05, 3.63) is 23.7 Å². The highest BCUT2D eigenvalue weighted by molar-refractivity contribution is 5.17. The Balaban J connectivity index is 1.55. The van der Waals surface area contributed by atoms with Gasteiger partial charge in [0.05, 0.1) is 12.8 Å². The van der Waals surface area contributed by atoms with Crippen LogP contribution in [0.4, 0.5) is 0 Å². The van der Waals surface area contributed by atoms with Crippen molar-refractivity contribution in [1.29, 1.82) is 0 Å². The minimum Gasteiger partial charge on any atom is -0.468 e. The van der Waals surface area contributed by atoms with E-state index in [4.69, 9.17) is 4.42 Å². The zero-order chi connectivity index (χ0) is 11.5. The van der Waals surface area contributed by atoms with Gasteiger partial charge in [0, 0.05) is 18.2 Å². The highest BCUT2D eigenvalue weighted by Crippen LogP contribution is 2.21. The summed E-state index contributed by atoms with van der Waals surface area (Å²) in [5.41, 5.74) is 1.35. The molecule has 1 aliphatic heterocycles. The summed E-state index contributed by atoms with van der Waals surface area (Å²) in [4.78, 5) is 2.52. The van der Waals surface area contributed by atoms with Gasteiger partial charge in [0.2, 0.25) is 0 Å². The molecule has 17 heavy (non-hydrogen) atoms. The van der Waals surface area contributed by atoms with E-state index >= 15 is 0 Å². The second-order valence-electron chi connectivity index (χ2n) is 5.36. The zero-order valence-corrected chi connectivity index (χ0v) is 10.5. The van der Waals surface area contributed by atoms with E-state index in [0.29, 0.717) is 0 Å². The molecule has 0 amide bonds. The Morgan fingerprint density at radius 1 is 1.24 bits per heavy atom. The van der Waals surface area contributed by atoms with Gasteiger partial charge in [0.1, 0.15) is 5.76 Å². The largest absolute Gasteiger partial charge is 0.468 e. The van der Waals surface area contributed by atoms with Crippen molar-refractivity contribution in [3.63, 3.8) is 0 Å². The van der Waals surface area contributed by atoms with Gasteiger partial charge >= 0.3 is 0 Å². The zero-order valence-electron chi connectivity index (χ0n) is 10.5. The molecule has 3 nitrogen and oxygen atoms in total. The molecule has 1 aromatic heterocycles. The summed E-state index contributed by atoms with van der Waals surface area (Å²) in [5.74, 6) is 1.17. The third-order valence-electron chi connectivity index (χ3n) is 3.81. The van der Waals surface area contributed by atoms with Crippen molar-refractivity contribution in [3.8, 4) is 0 Å². The first-order valence-corrected chi connectivity index (χ1v) is 6.93. The van der Waals surface area contributed by atoms with Crippen molar-refractivity contribution >= 4 is 0 Å². The molecule has 0 bridgehead atoms. The number of furan rings is 1. The Kier molecular flexibility index (Phi) is 3.48. The van der Waals surface area contributed by atoms with Crippen LogP contribution in [-0.2, 0) is 13.1 Å². The highest BCUT2D eigenvalue weighted by Gasteiger charge is 2.21. The lowest BCUT2D eigenvalue weighted by Gasteiger charge is -2.25. The van der Waals surface area contributed by atoms with Crippen LogP contribution in [0.2, 0.25) is 0 Å². The van der Waals surface area contributed by atoms with E-state index in [1.807, 2.05) is 6.26 Å².